The van der Waals surface area contributed by atoms with E-state index in [0.717, 1.165) is 29.7 Å². The van der Waals surface area contributed by atoms with E-state index < -0.39 is 0 Å². The third-order valence-electron chi connectivity index (χ3n) is 3.47. The van der Waals surface area contributed by atoms with Crippen LogP contribution in [-0.4, -0.2) is 11.6 Å². The fraction of sp³-hybridized carbons (Fsp3) is 0.263. The normalized spacial score (nSPS) is 11.3. The van der Waals surface area contributed by atoms with E-state index in [4.69, 9.17) is 0 Å². The Hall–Kier alpha value is -2.42. The minimum Gasteiger partial charge on any atom is -0.273 e. The van der Waals surface area contributed by atoms with Crippen LogP contribution in [0.5, 0.6) is 0 Å². The minimum absolute atomic E-state index is 0.104. The van der Waals surface area contributed by atoms with E-state index >= 15 is 0 Å². The molecule has 2 aromatic rings. The highest BCUT2D eigenvalue weighted by Crippen LogP contribution is 2.07. The molecule has 3 heteroatoms. The summed E-state index contributed by atoms with van der Waals surface area (Å²) < 4.78 is 0. The van der Waals surface area contributed by atoms with Gasteiger partial charge in [0.1, 0.15) is 0 Å². The zero-order chi connectivity index (χ0) is 15.8. The van der Waals surface area contributed by atoms with Crippen LogP contribution in [-0.2, 0) is 17.6 Å². The summed E-state index contributed by atoms with van der Waals surface area (Å²) in [5.74, 6) is -0.104. The first-order valence-corrected chi connectivity index (χ1v) is 7.65. The number of nitrogens with zero attached hydrogens (tertiary/aromatic N) is 1. The molecule has 3 nitrogen and oxygen atoms in total. The summed E-state index contributed by atoms with van der Waals surface area (Å²) in [6, 6.07) is 18.0. The molecule has 0 heterocycles. The Labute approximate surface area is 132 Å². The van der Waals surface area contributed by atoms with Crippen LogP contribution in [0.1, 0.15) is 37.0 Å². The maximum absolute atomic E-state index is 11.9. The maximum Gasteiger partial charge on any atom is 0.244 e. The predicted octanol–water partition coefficient (Wildman–Crippen LogP) is 3.72. The van der Waals surface area contributed by atoms with Crippen LogP contribution in [0, 0.1) is 0 Å². The van der Waals surface area contributed by atoms with Gasteiger partial charge in [-0.3, -0.25) is 4.79 Å². The highest BCUT2D eigenvalue weighted by atomic mass is 16.2. The van der Waals surface area contributed by atoms with Crippen molar-refractivity contribution in [2.75, 3.05) is 0 Å². The van der Waals surface area contributed by atoms with E-state index in [1.54, 1.807) is 0 Å². The number of hydrogen-bond acceptors (Lipinski definition) is 2. The van der Waals surface area contributed by atoms with Crippen LogP contribution >= 0.6 is 0 Å². The van der Waals surface area contributed by atoms with Crippen molar-refractivity contribution < 1.29 is 4.79 Å². The first-order chi connectivity index (χ1) is 10.7. The smallest absolute Gasteiger partial charge is 0.244 e. The maximum atomic E-state index is 11.9. The second kappa shape index (κ2) is 8.13. The monoisotopic (exact) mass is 294 g/mol. The molecule has 0 atom stereocenters. The second-order valence-electron chi connectivity index (χ2n) is 5.34. The zero-order valence-corrected chi connectivity index (χ0v) is 13.2. The number of carbonyl (C=O) groups excluding carboxylic acids is 1. The van der Waals surface area contributed by atoms with Crippen molar-refractivity contribution in [3.8, 4) is 0 Å². The molecule has 114 valence electrons. The van der Waals surface area contributed by atoms with Crippen LogP contribution in [0.4, 0.5) is 0 Å². The largest absolute Gasteiger partial charge is 0.273 e. The molecule has 22 heavy (non-hydrogen) atoms. The molecule has 2 rings (SSSR count). The SMILES string of the molecule is CCCc1ccc(C(C)=NNC(=O)Cc2ccccc2)cc1. The van der Waals surface area contributed by atoms with Crippen LogP contribution in [0.2, 0.25) is 0 Å². The first-order valence-electron chi connectivity index (χ1n) is 7.65. The molecule has 0 fully saturated rings. The Morgan fingerprint density at radius 2 is 1.68 bits per heavy atom. The fourth-order valence-corrected chi connectivity index (χ4v) is 2.23. The minimum atomic E-state index is -0.104. The van der Waals surface area contributed by atoms with E-state index in [1.165, 1.54) is 5.56 Å². The zero-order valence-electron chi connectivity index (χ0n) is 13.2. The van der Waals surface area contributed by atoms with E-state index in [0.29, 0.717) is 6.42 Å². The number of rotatable bonds is 6. The third-order valence-corrected chi connectivity index (χ3v) is 3.47. The van der Waals surface area contributed by atoms with Crippen LogP contribution in [0.15, 0.2) is 59.7 Å². The van der Waals surface area contributed by atoms with Crippen molar-refractivity contribution in [2.45, 2.75) is 33.1 Å². The first kappa shape index (κ1) is 16.0. The molecule has 0 saturated carbocycles. The van der Waals surface area contributed by atoms with Crippen molar-refractivity contribution in [1.82, 2.24) is 5.43 Å². The molecule has 1 amide bonds. The summed E-state index contributed by atoms with van der Waals surface area (Å²) in [5.41, 5.74) is 6.76. The van der Waals surface area contributed by atoms with Crippen LogP contribution in [0.25, 0.3) is 0 Å². The molecule has 0 spiro atoms. The molecule has 0 unspecified atom stereocenters. The lowest BCUT2D eigenvalue weighted by molar-refractivity contribution is -0.120. The van der Waals surface area contributed by atoms with Gasteiger partial charge in [-0.15, -0.1) is 0 Å². The standard InChI is InChI=1S/C19H22N2O/c1-3-7-16-10-12-18(13-11-16)15(2)20-21-19(22)14-17-8-5-4-6-9-17/h4-6,8-13H,3,7,14H2,1-2H3,(H,21,22). The molecule has 0 radical (unpaired) electrons. The van der Waals surface area contributed by atoms with Crippen LogP contribution < -0.4 is 5.43 Å². The van der Waals surface area contributed by atoms with Gasteiger partial charge in [0.2, 0.25) is 5.91 Å². The van der Waals surface area contributed by atoms with E-state index in [2.05, 4.69) is 29.6 Å². The Bertz CT molecular complexity index is 630. The molecular formula is C19H22N2O. The number of hydrogen-bond donors (Lipinski definition) is 1. The summed E-state index contributed by atoms with van der Waals surface area (Å²) >= 11 is 0. The number of nitrogens with one attached hydrogen (secondary N) is 1. The Balaban J connectivity index is 1.92. The molecule has 0 aliphatic rings. The average molecular weight is 294 g/mol. The predicted molar refractivity (Wildman–Crippen MR) is 90.9 cm³/mol. The van der Waals surface area contributed by atoms with Crippen molar-refractivity contribution in [1.29, 1.82) is 0 Å². The number of amides is 1. The molecule has 0 bridgehead atoms. The van der Waals surface area contributed by atoms with Gasteiger partial charge in [-0.05, 0) is 30.0 Å². The van der Waals surface area contributed by atoms with Crippen molar-refractivity contribution in [2.24, 2.45) is 5.10 Å². The van der Waals surface area contributed by atoms with Gasteiger partial charge < -0.3 is 0 Å². The van der Waals surface area contributed by atoms with Crippen molar-refractivity contribution >= 4 is 11.6 Å². The molecule has 0 aliphatic carbocycles. The number of benzene rings is 2. The lowest BCUT2D eigenvalue weighted by atomic mass is 10.1. The summed E-state index contributed by atoms with van der Waals surface area (Å²) in [5, 5.41) is 4.18. The lowest BCUT2D eigenvalue weighted by Crippen LogP contribution is -2.21. The van der Waals surface area contributed by atoms with Gasteiger partial charge in [-0.1, -0.05) is 67.9 Å². The average Bonchev–Trinajstić information content (AvgIpc) is 2.54. The molecule has 0 aliphatic heterocycles. The molecule has 2 aromatic carbocycles. The summed E-state index contributed by atoms with van der Waals surface area (Å²) in [6.45, 7) is 4.07. The topological polar surface area (TPSA) is 41.5 Å². The Morgan fingerprint density at radius 3 is 2.32 bits per heavy atom. The third kappa shape index (κ3) is 4.85. The Kier molecular flexibility index (Phi) is 5.90. The number of carbonyl (C=O) groups is 1. The van der Waals surface area contributed by atoms with Gasteiger partial charge in [0, 0.05) is 0 Å². The van der Waals surface area contributed by atoms with Crippen LogP contribution in [0.3, 0.4) is 0 Å². The lowest BCUT2D eigenvalue weighted by Gasteiger charge is -2.05. The van der Waals surface area contributed by atoms with Gasteiger partial charge >= 0.3 is 0 Å². The Morgan fingerprint density at radius 1 is 1.00 bits per heavy atom. The number of aryl methyl sites for hydroxylation is 1. The highest BCUT2D eigenvalue weighted by Gasteiger charge is 2.03. The van der Waals surface area contributed by atoms with E-state index in [-0.39, 0.29) is 5.91 Å². The van der Waals surface area contributed by atoms with Gasteiger partial charge in [0.15, 0.2) is 0 Å². The summed E-state index contributed by atoms with van der Waals surface area (Å²) in [4.78, 5) is 11.9. The molecule has 0 aromatic heterocycles. The van der Waals surface area contributed by atoms with Gasteiger partial charge in [-0.25, -0.2) is 5.43 Å². The van der Waals surface area contributed by atoms with E-state index in [1.807, 2.05) is 49.4 Å². The molecular weight excluding hydrogens is 272 g/mol. The quantitative estimate of drug-likeness (QED) is 0.640. The van der Waals surface area contributed by atoms with Gasteiger partial charge in [0.25, 0.3) is 0 Å². The molecule has 0 saturated heterocycles. The highest BCUT2D eigenvalue weighted by molar-refractivity contribution is 5.99. The fourth-order valence-electron chi connectivity index (χ4n) is 2.23. The van der Waals surface area contributed by atoms with Crippen molar-refractivity contribution in [3.63, 3.8) is 0 Å². The van der Waals surface area contributed by atoms with Gasteiger partial charge in [0.05, 0.1) is 12.1 Å². The number of hydrazone groups is 1. The summed E-state index contributed by atoms with van der Waals surface area (Å²) in [6.07, 6.45) is 2.57. The summed E-state index contributed by atoms with van der Waals surface area (Å²) in [7, 11) is 0. The van der Waals surface area contributed by atoms with Crippen molar-refractivity contribution in [3.05, 3.63) is 71.3 Å². The second-order valence-corrected chi connectivity index (χ2v) is 5.34. The molecule has 1 N–H and O–H groups in total. The van der Waals surface area contributed by atoms with E-state index in [9.17, 15) is 4.79 Å². The van der Waals surface area contributed by atoms with Gasteiger partial charge in [-0.2, -0.15) is 5.10 Å².